The molecule has 0 bridgehead atoms. The van der Waals surface area contributed by atoms with Crippen molar-refractivity contribution in [2.24, 2.45) is 4.99 Å². The van der Waals surface area contributed by atoms with Gasteiger partial charge in [-0.25, -0.2) is 4.39 Å². The molecule has 1 aromatic heterocycles. The molecular formula is C23H24FN3O. The summed E-state index contributed by atoms with van der Waals surface area (Å²) in [6.45, 7) is 7.46. The van der Waals surface area contributed by atoms with Crippen molar-refractivity contribution in [1.82, 2.24) is 4.57 Å². The summed E-state index contributed by atoms with van der Waals surface area (Å²) in [6.07, 6.45) is 1.88. The highest BCUT2D eigenvalue weighted by atomic mass is 19.1. The number of aliphatic imine (C=N–C) groups is 1. The molecule has 1 aliphatic heterocycles. The number of rotatable bonds is 4. The summed E-state index contributed by atoms with van der Waals surface area (Å²) in [5, 5.41) is 0. The summed E-state index contributed by atoms with van der Waals surface area (Å²) in [4.78, 5) is 6.96. The predicted molar refractivity (Wildman–Crippen MR) is 112 cm³/mol. The molecule has 1 fully saturated rings. The van der Waals surface area contributed by atoms with Crippen LogP contribution in [0.1, 0.15) is 17.0 Å². The number of nitrogens with zero attached hydrogens (tertiary/aromatic N) is 3. The van der Waals surface area contributed by atoms with E-state index in [-0.39, 0.29) is 5.82 Å². The minimum absolute atomic E-state index is 0.236. The minimum Gasteiger partial charge on any atom is -0.378 e. The summed E-state index contributed by atoms with van der Waals surface area (Å²) < 4.78 is 21.1. The van der Waals surface area contributed by atoms with E-state index in [0.29, 0.717) is 0 Å². The summed E-state index contributed by atoms with van der Waals surface area (Å²) in [5.41, 5.74) is 6.05. The number of anilines is 1. The van der Waals surface area contributed by atoms with Gasteiger partial charge in [0.1, 0.15) is 5.82 Å². The predicted octanol–water partition coefficient (Wildman–Crippen LogP) is 4.82. The molecule has 144 valence electrons. The summed E-state index contributed by atoms with van der Waals surface area (Å²) in [6, 6.07) is 17.0. The van der Waals surface area contributed by atoms with Crippen molar-refractivity contribution in [1.29, 1.82) is 0 Å². The molecule has 1 aliphatic rings. The highest BCUT2D eigenvalue weighted by Crippen LogP contribution is 2.23. The van der Waals surface area contributed by atoms with E-state index in [0.717, 1.165) is 54.6 Å². The fourth-order valence-corrected chi connectivity index (χ4v) is 3.65. The van der Waals surface area contributed by atoms with E-state index in [1.54, 1.807) is 12.1 Å². The van der Waals surface area contributed by atoms with Crippen LogP contribution in [0, 0.1) is 19.7 Å². The first-order valence-electron chi connectivity index (χ1n) is 9.53. The van der Waals surface area contributed by atoms with Gasteiger partial charge in [0.25, 0.3) is 0 Å². The van der Waals surface area contributed by atoms with Gasteiger partial charge in [0.05, 0.1) is 18.9 Å². The molecule has 0 saturated carbocycles. The molecule has 28 heavy (non-hydrogen) atoms. The van der Waals surface area contributed by atoms with E-state index in [4.69, 9.17) is 4.74 Å². The van der Waals surface area contributed by atoms with Crippen LogP contribution in [-0.4, -0.2) is 37.1 Å². The Bertz CT molecular complexity index is 986. The standard InChI is InChI=1S/C23H24FN3O/c1-17-14-19(18(2)27(17)23-5-3-4-20(24)15-23)16-25-21-6-8-22(9-7-21)26-10-12-28-13-11-26/h3-9,14-16H,10-13H2,1-2H3. The first kappa shape index (κ1) is 18.4. The normalized spacial score (nSPS) is 14.8. The van der Waals surface area contributed by atoms with Crippen LogP contribution in [0.15, 0.2) is 59.6 Å². The summed E-state index contributed by atoms with van der Waals surface area (Å²) >= 11 is 0. The Kier molecular flexibility index (Phi) is 5.26. The first-order chi connectivity index (χ1) is 13.6. The van der Waals surface area contributed by atoms with E-state index in [2.05, 4.69) is 28.1 Å². The monoisotopic (exact) mass is 377 g/mol. The van der Waals surface area contributed by atoms with Crippen molar-refractivity contribution in [3.63, 3.8) is 0 Å². The van der Waals surface area contributed by atoms with Gasteiger partial charge in [0.2, 0.25) is 0 Å². The number of morpholine rings is 1. The zero-order chi connectivity index (χ0) is 19.5. The van der Waals surface area contributed by atoms with E-state index in [1.807, 2.05) is 42.8 Å². The van der Waals surface area contributed by atoms with Crippen molar-refractivity contribution < 1.29 is 9.13 Å². The molecule has 0 unspecified atom stereocenters. The Morgan fingerprint density at radius 1 is 0.964 bits per heavy atom. The van der Waals surface area contributed by atoms with Gasteiger partial charge in [-0.2, -0.15) is 0 Å². The van der Waals surface area contributed by atoms with Crippen molar-refractivity contribution in [3.8, 4) is 5.69 Å². The van der Waals surface area contributed by atoms with Crippen LogP contribution in [0.3, 0.4) is 0 Å². The number of halogens is 1. The lowest BCUT2D eigenvalue weighted by atomic mass is 10.2. The SMILES string of the molecule is Cc1cc(C=Nc2ccc(N3CCOCC3)cc2)c(C)n1-c1cccc(F)c1. The number of aryl methyl sites for hydroxylation is 1. The molecule has 0 spiro atoms. The molecule has 2 heterocycles. The summed E-state index contributed by atoms with van der Waals surface area (Å²) in [7, 11) is 0. The molecule has 0 amide bonds. The van der Waals surface area contributed by atoms with Gasteiger partial charge in [-0.05, 0) is 62.4 Å². The molecule has 0 aliphatic carbocycles. The molecule has 0 radical (unpaired) electrons. The van der Waals surface area contributed by atoms with Gasteiger partial charge in [-0.15, -0.1) is 0 Å². The van der Waals surface area contributed by atoms with Crippen molar-refractivity contribution >= 4 is 17.6 Å². The summed E-state index contributed by atoms with van der Waals surface area (Å²) in [5.74, 6) is -0.236. The molecule has 4 rings (SSSR count). The smallest absolute Gasteiger partial charge is 0.125 e. The van der Waals surface area contributed by atoms with E-state index in [1.165, 1.54) is 11.8 Å². The molecule has 0 N–H and O–H groups in total. The minimum atomic E-state index is -0.236. The van der Waals surface area contributed by atoms with Gasteiger partial charge in [-0.1, -0.05) is 6.07 Å². The van der Waals surface area contributed by atoms with Crippen LogP contribution in [0.4, 0.5) is 15.8 Å². The van der Waals surface area contributed by atoms with Crippen LogP contribution >= 0.6 is 0 Å². The second-order valence-corrected chi connectivity index (χ2v) is 7.02. The molecule has 5 heteroatoms. The topological polar surface area (TPSA) is 29.8 Å². The van der Waals surface area contributed by atoms with Crippen LogP contribution in [-0.2, 0) is 4.74 Å². The highest BCUT2D eigenvalue weighted by molar-refractivity contribution is 5.84. The third-order valence-corrected chi connectivity index (χ3v) is 5.12. The van der Waals surface area contributed by atoms with Gasteiger partial charge < -0.3 is 14.2 Å². The average Bonchev–Trinajstić information content (AvgIpc) is 3.01. The Balaban J connectivity index is 1.54. The fourth-order valence-electron chi connectivity index (χ4n) is 3.65. The van der Waals surface area contributed by atoms with Crippen molar-refractivity contribution in [2.75, 3.05) is 31.2 Å². The molecule has 2 aromatic carbocycles. The van der Waals surface area contributed by atoms with Gasteiger partial charge in [-0.3, -0.25) is 4.99 Å². The number of hydrogen-bond acceptors (Lipinski definition) is 3. The van der Waals surface area contributed by atoms with Crippen LogP contribution in [0.2, 0.25) is 0 Å². The zero-order valence-corrected chi connectivity index (χ0v) is 16.2. The first-order valence-corrected chi connectivity index (χ1v) is 9.53. The molecule has 3 aromatic rings. The average molecular weight is 377 g/mol. The Morgan fingerprint density at radius 3 is 2.43 bits per heavy atom. The van der Waals surface area contributed by atoms with E-state index >= 15 is 0 Å². The highest BCUT2D eigenvalue weighted by Gasteiger charge is 2.11. The van der Waals surface area contributed by atoms with Gasteiger partial charge in [0.15, 0.2) is 0 Å². The van der Waals surface area contributed by atoms with Crippen molar-refractivity contribution in [2.45, 2.75) is 13.8 Å². The Hall–Kier alpha value is -2.92. The number of benzene rings is 2. The van der Waals surface area contributed by atoms with Gasteiger partial charge in [0, 0.05) is 47.6 Å². The van der Waals surface area contributed by atoms with Gasteiger partial charge >= 0.3 is 0 Å². The molecule has 0 atom stereocenters. The largest absolute Gasteiger partial charge is 0.378 e. The lowest BCUT2D eigenvalue weighted by Crippen LogP contribution is -2.36. The number of hydrogen-bond donors (Lipinski definition) is 0. The molecule has 1 saturated heterocycles. The lowest BCUT2D eigenvalue weighted by Gasteiger charge is -2.28. The van der Waals surface area contributed by atoms with Crippen molar-refractivity contribution in [3.05, 3.63) is 77.4 Å². The Labute approximate surface area is 164 Å². The second-order valence-electron chi connectivity index (χ2n) is 7.02. The number of aromatic nitrogens is 1. The zero-order valence-electron chi connectivity index (χ0n) is 16.2. The second kappa shape index (κ2) is 7.98. The Morgan fingerprint density at radius 2 is 1.71 bits per heavy atom. The third-order valence-electron chi connectivity index (χ3n) is 5.12. The van der Waals surface area contributed by atoms with E-state index in [9.17, 15) is 4.39 Å². The third kappa shape index (κ3) is 3.85. The van der Waals surface area contributed by atoms with Crippen LogP contribution in [0.5, 0.6) is 0 Å². The van der Waals surface area contributed by atoms with E-state index < -0.39 is 0 Å². The fraction of sp³-hybridized carbons (Fsp3) is 0.261. The van der Waals surface area contributed by atoms with Crippen LogP contribution in [0.25, 0.3) is 5.69 Å². The number of ether oxygens (including phenoxy) is 1. The maximum absolute atomic E-state index is 13.6. The molecule has 4 nitrogen and oxygen atoms in total. The lowest BCUT2D eigenvalue weighted by molar-refractivity contribution is 0.122. The maximum Gasteiger partial charge on any atom is 0.125 e. The maximum atomic E-state index is 13.6. The van der Waals surface area contributed by atoms with Crippen LogP contribution < -0.4 is 4.90 Å². The molecular weight excluding hydrogens is 353 g/mol. The quantitative estimate of drug-likeness (QED) is 0.610.